The number of aromatic nitrogens is 2. The lowest BCUT2D eigenvalue weighted by Crippen LogP contribution is -2.05. The van der Waals surface area contributed by atoms with Crippen molar-refractivity contribution in [2.24, 2.45) is 0 Å². The van der Waals surface area contributed by atoms with Gasteiger partial charge < -0.3 is 4.74 Å². The van der Waals surface area contributed by atoms with E-state index in [1.54, 1.807) is 13.8 Å². The molecule has 0 aliphatic rings. The van der Waals surface area contributed by atoms with Crippen LogP contribution in [0.25, 0.3) is 0 Å². The Kier molecular flexibility index (Phi) is 2.62. The maximum Gasteiger partial charge on any atom is 0.336 e. The standard InChI is InChI=1S/C7H10F2N2O/c1-3-12-6-5(2)4-10-11(6)7(8)9/h4,7H,3H2,1-2H3. The minimum atomic E-state index is -2.64. The molecule has 1 rings (SSSR count). The van der Waals surface area contributed by atoms with E-state index in [9.17, 15) is 8.78 Å². The molecule has 0 aliphatic carbocycles. The van der Waals surface area contributed by atoms with Crippen LogP contribution in [0.5, 0.6) is 5.88 Å². The average Bonchev–Trinajstić information content (AvgIpc) is 2.34. The number of ether oxygens (including phenoxy) is 1. The van der Waals surface area contributed by atoms with Gasteiger partial charge in [0.05, 0.1) is 12.8 Å². The van der Waals surface area contributed by atoms with Crippen LogP contribution in [0, 0.1) is 6.92 Å². The Labute approximate surface area is 68.9 Å². The highest BCUT2D eigenvalue weighted by Gasteiger charge is 2.15. The van der Waals surface area contributed by atoms with Crippen LogP contribution in [0.4, 0.5) is 8.78 Å². The maximum atomic E-state index is 12.2. The van der Waals surface area contributed by atoms with E-state index in [1.807, 2.05) is 0 Å². The van der Waals surface area contributed by atoms with Gasteiger partial charge in [0, 0.05) is 5.56 Å². The van der Waals surface area contributed by atoms with Crippen LogP contribution in [0.1, 0.15) is 19.0 Å². The van der Waals surface area contributed by atoms with Crippen LogP contribution in [-0.2, 0) is 0 Å². The predicted octanol–water partition coefficient (Wildman–Crippen LogP) is 1.99. The van der Waals surface area contributed by atoms with Gasteiger partial charge in [-0.25, -0.2) is 0 Å². The molecule has 0 aromatic carbocycles. The smallest absolute Gasteiger partial charge is 0.336 e. The van der Waals surface area contributed by atoms with Crippen molar-refractivity contribution in [1.82, 2.24) is 9.78 Å². The third-order valence-corrected chi connectivity index (χ3v) is 1.39. The molecule has 12 heavy (non-hydrogen) atoms. The van der Waals surface area contributed by atoms with E-state index in [-0.39, 0.29) is 5.88 Å². The zero-order valence-corrected chi connectivity index (χ0v) is 6.92. The molecule has 0 bridgehead atoms. The molecule has 0 spiro atoms. The molecule has 3 nitrogen and oxygen atoms in total. The van der Waals surface area contributed by atoms with Gasteiger partial charge in [-0.15, -0.1) is 0 Å². The first-order chi connectivity index (χ1) is 5.66. The Hall–Kier alpha value is -1.13. The van der Waals surface area contributed by atoms with E-state index < -0.39 is 6.55 Å². The lowest BCUT2D eigenvalue weighted by Gasteiger charge is -2.06. The van der Waals surface area contributed by atoms with Gasteiger partial charge in [0.1, 0.15) is 0 Å². The average molecular weight is 176 g/mol. The summed E-state index contributed by atoms with van der Waals surface area (Å²) < 4.78 is 29.9. The number of alkyl halides is 2. The van der Waals surface area contributed by atoms with E-state index in [4.69, 9.17) is 4.74 Å². The normalized spacial score (nSPS) is 10.8. The molecule has 0 atom stereocenters. The minimum Gasteiger partial charge on any atom is -0.478 e. The number of rotatable bonds is 3. The predicted molar refractivity (Wildman–Crippen MR) is 39.4 cm³/mol. The van der Waals surface area contributed by atoms with Gasteiger partial charge >= 0.3 is 6.55 Å². The monoisotopic (exact) mass is 176 g/mol. The molecule has 0 radical (unpaired) electrons. The third kappa shape index (κ3) is 1.54. The third-order valence-electron chi connectivity index (χ3n) is 1.39. The molecule has 1 aromatic rings. The Morgan fingerprint density at radius 2 is 2.33 bits per heavy atom. The van der Waals surface area contributed by atoms with Crippen molar-refractivity contribution < 1.29 is 13.5 Å². The molecule has 0 unspecified atom stereocenters. The molecular formula is C7H10F2N2O. The molecule has 0 fully saturated rings. The summed E-state index contributed by atoms with van der Waals surface area (Å²) in [6, 6.07) is 0. The van der Waals surface area contributed by atoms with Gasteiger partial charge in [-0.2, -0.15) is 18.6 Å². The molecule has 0 saturated carbocycles. The van der Waals surface area contributed by atoms with Gasteiger partial charge in [0.2, 0.25) is 5.88 Å². The fourth-order valence-electron chi connectivity index (χ4n) is 0.893. The summed E-state index contributed by atoms with van der Waals surface area (Å²) >= 11 is 0. The Morgan fingerprint density at radius 3 is 2.83 bits per heavy atom. The quantitative estimate of drug-likeness (QED) is 0.704. The Bertz CT molecular complexity index is 260. The molecule has 1 heterocycles. The molecule has 0 N–H and O–H groups in total. The second-order valence-corrected chi connectivity index (χ2v) is 2.29. The van der Waals surface area contributed by atoms with Crippen molar-refractivity contribution in [2.45, 2.75) is 20.4 Å². The number of hydrogen-bond donors (Lipinski definition) is 0. The van der Waals surface area contributed by atoms with Crippen molar-refractivity contribution >= 4 is 0 Å². The fourth-order valence-corrected chi connectivity index (χ4v) is 0.893. The van der Waals surface area contributed by atoms with Crippen molar-refractivity contribution in [3.63, 3.8) is 0 Å². The summed E-state index contributed by atoms with van der Waals surface area (Å²) in [5.41, 5.74) is 0.622. The minimum absolute atomic E-state index is 0.146. The van der Waals surface area contributed by atoms with Crippen molar-refractivity contribution in [3.8, 4) is 5.88 Å². The SMILES string of the molecule is CCOc1c(C)cnn1C(F)F. The van der Waals surface area contributed by atoms with Crippen molar-refractivity contribution in [1.29, 1.82) is 0 Å². The summed E-state index contributed by atoms with van der Waals surface area (Å²) in [7, 11) is 0. The van der Waals surface area contributed by atoms with Crippen molar-refractivity contribution in [2.75, 3.05) is 6.61 Å². The van der Waals surface area contributed by atoms with Crippen LogP contribution in [0.15, 0.2) is 6.20 Å². The number of nitrogens with zero attached hydrogens (tertiary/aromatic N) is 2. The highest BCUT2D eigenvalue weighted by molar-refractivity contribution is 5.22. The topological polar surface area (TPSA) is 27.1 Å². The fraction of sp³-hybridized carbons (Fsp3) is 0.571. The van der Waals surface area contributed by atoms with E-state index in [0.29, 0.717) is 16.9 Å². The van der Waals surface area contributed by atoms with Crippen LogP contribution in [-0.4, -0.2) is 16.4 Å². The first-order valence-electron chi connectivity index (χ1n) is 3.62. The Balaban J connectivity index is 2.95. The number of halogens is 2. The van der Waals surface area contributed by atoms with Crippen LogP contribution >= 0.6 is 0 Å². The van der Waals surface area contributed by atoms with E-state index in [2.05, 4.69) is 5.10 Å². The molecule has 0 amide bonds. The molecule has 1 aromatic heterocycles. The van der Waals surface area contributed by atoms with Crippen LogP contribution in [0.3, 0.4) is 0 Å². The molecule has 0 saturated heterocycles. The number of aryl methyl sites for hydroxylation is 1. The lowest BCUT2D eigenvalue weighted by atomic mass is 10.4. The van der Waals surface area contributed by atoms with Crippen LogP contribution < -0.4 is 4.74 Å². The van der Waals surface area contributed by atoms with Crippen LogP contribution in [0.2, 0.25) is 0 Å². The zero-order valence-electron chi connectivity index (χ0n) is 6.92. The van der Waals surface area contributed by atoms with E-state index in [1.165, 1.54) is 6.20 Å². The zero-order chi connectivity index (χ0) is 9.14. The molecule has 68 valence electrons. The summed E-state index contributed by atoms with van der Waals surface area (Å²) in [5.74, 6) is 0.146. The highest BCUT2D eigenvalue weighted by atomic mass is 19.3. The van der Waals surface area contributed by atoms with Gasteiger partial charge in [0.25, 0.3) is 0 Å². The highest BCUT2D eigenvalue weighted by Crippen LogP contribution is 2.22. The molecule has 0 aliphatic heterocycles. The van der Waals surface area contributed by atoms with Gasteiger partial charge in [-0.05, 0) is 13.8 Å². The molecule has 5 heteroatoms. The maximum absolute atomic E-state index is 12.2. The largest absolute Gasteiger partial charge is 0.478 e. The van der Waals surface area contributed by atoms with Crippen molar-refractivity contribution in [3.05, 3.63) is 11.8 Å². The second kappa shape index (κ2) is 3.51. The van der Waals surface area contributed by atoms with E-state index in [0.717, 1.165) is 0 Å². The van der Waals surface area contributed by atoms with Gasteiger partial charge in [0.15, 0.2) is 0 Å². The number of hydrogen-bond acceptors (Lipinski definition) is 2. The Morgan fingerprint density at radius 1 is 1.67 bits per heavy atom. The van der Waals surface area contributed by atoms with Gasteiger partial charge in [-0.1, -0.05) is 0 Å². The second-order valence-electron chi connectivity index (χ2n) is 2.29. The lowest BCUT2D eigenvalue weighted by molar-refractivity contribution is 0.0458. The van der Waals surface area contributed by atoms with E-state index >= 15 is 0 Å². The van der Waals surface area contributed by atoms with Gasteiger partial charge in [-0.3, -0.25) is 0 Å². The summed E-state index contributed by atoms with van der Waals surface area (Å²) in [5, 5.41) is 3.48. The summed E-state index contributed by atoms with van der Waals surface area (Å²) in [4.78, 5) is 0. The molecular weight excluding hydrogens is 166 g/mol. The summed E-state index contributed by atoms with van der Waals surface area (Å²) in [6.07, 6.45) is 1.36. The summed E-state index contributed by atoms with van der Waals surface area (Å²) in [6.45, 7) is 1.14. The first-order valence-corrected chi connectivity index (χ1v) is 3.62. The first kappa shape index (κ1) is 8.96.